The highest BCUT2D eigenvalue weighted by Crippen LogP contribution is 2.40. The van der Waals surface area contributed by atoms with Crippen molar-refractivity contribution in [2.75, 3.05) is 28.6 Å². The predicted octanol–water partition coefficient (Wildman–Crippen LogP) is 6.11. The van der Waals surface area contributed by atoms with E-state index in [-0.39, 0.29) is 28.7 Å². The van der Waals surface area contributed by atoms with Gasteiger partial charge >= 0.3 is 6.03 Å². The number of carbonyl (C=O) groups excluding carboxylic acids is 1. The second-order valence-corrected chi connectivity index (χ2v) is 9.31. The lowest BCUT2D eigenvalue weighted by atomic mass is 9.97. The van der Waals surface area contributed by atoms with E-state index in [1.165, 1.54) is 17.0 Å². The van der Waals surface area contributed by atoms with E-state index in [1.807, 2.05) is 19.1 Å². The van der Waals surface area contributed by atoms with Gasteiger partial charge in [0.05, 0.1) is 17.9 Å². The minimum Gasteiger partial charge on any atom is -0.364 e. The summed E-state index contributed by atoms with van der Waals surface area (Å²) in [5.74, 6) is -0.107. The number of benzene rings is 3. The van der Waals surface area contributed by atoms with Crippen molar-refractivity contribution in [3.05, 3.63) is 72.0 Å². The van der Waals surface area contributed by atoms with E-state index in [2.05, 4.69) is 31.3 Å². The highest BCUT2D eigenvalue weighted by molar-refractivity contribution is 6.02. The van der Waals surface area contributed by atoms with Crippen molar-refractivity contribution in [3.8, 4) is 22.5 Å². The molecule has 8 nitrogen and oxygen atoms in total. The Morgan fingerprint density at radius 1 is 1.05 bits per heavy atom. The molecule has 5 rings (SSSR count). The Labute approximate surface area is 217 Å². The van der Waals surface area contributed by atoms with Crippen LogP contribution in [0.25, 0.3) is 22.5 Å². The first-order chi connectivity index (χ1) is 18.4. The topological polar surface area (TPSA) is 98.8 Å². The van der Waals surface area contributed by atoms with E-state index in [0.717, 1.165) is 18.4 Å². The summed E-state index contributed by atoms with van der Waals surface area (Å²) in [7, 11) is 0. The van der Waals surface area contributed by atoms with Crippen molar-refractivity contribution in [1.82, 2.24) is 20.6 Å². The molecule has 1 heterocycles. The molecule has 0 bridgehead atoms. The summed E-state index contributed by atoms with van der Waals surface area (Å²) < 4.78 is 42.8. The number of aryl methyl sites for hydroxylation is 1. The molecular formula is C27H26F3N7O. The summed E-state index contributed by atoms with van der Waals surface area (Å²) in [6.07, 6.45) is -0.783. The summed E-state index contributed by atoms with van der Waals surface area (Å²) in [6, 6.07) is 16.2. The zero-order valence-electron chi connectivity index (χ0n) is 20.6. The first kappa shape index (κ1) is 25.2. The molecule has 196 valence electrons. The van der Waals surface area contributed by atoms with Gasteiger partial charge in [-0.25, -0.2) is 18.0 Å². The predicted molar refractivity (Wildman–Crippen MR) is 140 cm³/mol. The van der Waals surface area contributed by atoms with Crippen LogP contribution in [0, 0.1) is 18.7 Å². The number of carbonyl (C=O) groups is 1. The molecule has 1 aliphatic rings. The highest BCUT2D eigenvalue weighted by Gasteiger charge is 2.28. The van der Waals surface area contributed by atoms with Crippen molar-refractivity contribution >= 4 is 23.1 Å². The quantitative estimate of drug-likeness (QED) is 0.247. The molecule has 1 aliphatic carbocycles. The molecule has 0 atom stereocenters. The van der Waals surface area contributed by atoms with Crippen molar-refractivity contribution < 1.29 is 18.0 Å². The number of hydrogen-bond acceptors (Lipinski definition) is 5. The second-order valence-electron chi connectivity index (χ2n) is 9.31. The molecule has 0 unspecified atom stereocenters. The van der Waals surface area contributed by atoms with Crippen LogP contribution in [-0.2, 0) is 0 Å². The molecule has 3 N–H and O–H groups in total. The summed E-state index contributed by atoms with van der Waals surface area (Å²) in [5, 5.41) is 19.5. The SMILES string of the molecule is Cc1ccc(NC(=O)Nc2cc(-c3ccccc3-c3nn[nH]n3)c(F)cc2N(CC(F)F)CC2CC2)cc1. The Balaban J connectivity index is 1.56. The van der Waals surface area contributed by atoms with Crippen LogP contribution >= 0.6 is 0 Å². The number of aromatic amines is 1. The van der Waals surface area contributed by atoms with Gasteiger partial charge in [-0.15, -0.1) is 10.2 Å². The third-order valence-corrected chi connectivity index (χ3v) is 6.32. The molecule has 1 aromatic heterocycles. The maximum Gasteiger partial charge on any atom is 0.323 e. The zero-order valence-corrected chi connectivity index (χ0v) is 20.6. The minimum atomic E-state index is -2.63. The number of amides is 2. The minimum absolute atomic E-state index is 0.156. The Bertz CT molecular complexity index is 1400. The van der Waals surface area contributed by atoms with Gasteiger partial charge in [-0.1, -0.05) is 42.0 Å². The van der Waals surface area contributed by atoms with Crippen LogP contribution in [0.15, 0.2) is 60.7 Å². The van der Waals surface area contributed by atoms with Crippen molar-refractivity contribution in [3.63, 3.8) is 0 Å². The number of halogens is 3. The van der Waals surface area contributed by atoms with Crippen LogP contribution in [0.5, 0.6) is 0 Å². The smallest absolute Gasteiger partial charge is 0.323 e. The van der Waals surface area contributed by atoms with Gasteiger partial charge in [0.15, 0.2) is 0 Å². The van der Waals surface area contributed by atoms with E-state index in [9.17, 15) is 13.6 Å². The lowest BCUT2D eigenvalue weighted by Crippen LogP contribution is -2.32. The van der Waals surface area contributed by atoms with Crippen LogP contribution in [0.3, 0.4) is 0 Å². The molecule has 2 amide bonds. The number of nitrogens with zero attached hydrogens (tertiary/aromatic N) is 4. The van der Waals surface area contributed by atoms with Crippen molar-refractivity contribution in [1.29, 1.82) is 0 Å². The van der Waals surface area contributed by atoms with Crippen LogP contribution < -0.4 is 15.5 Å². The Hall–Kier alpha value is -4.41. The fraction of sp³-hybridized carbons (Fsp3) is 0.259. The van der Waals surface area contributed by atoms with Gasteiger partial charge in [0, 0.05) is 23.4 Å². The first-order valence-corrected chi connectivity index (χ1v) is 12.2. The lowest BCUT2D eigenvalue weighted by Gasteiger charge is -2.28. The monoisotopic (exact) mass is 521 g/mol. The van der Waals surface area contributed by atoms with Crippen LogP contribution in [0.1, 0.15) is 18.4 Å². The number of tetrazole rings is 1. The largest absolute Gasteiger partial charge is 0.364 e. The number of alkyl halides is 2. The number of aromatic nitrogens is 4. The molecule has 3 aromatic carbocycles. The number of nitrogens with one attached hydrogen (secondary N) is 3. The first-order valence-electron chi connectivity index (χ1n) is 12.2. The van der Waals surface area contributed by atoms with E-state index < -0.39 is 24.8 Å². The maximum atomic E-state index is 15.7. The zero-order chi connectivity index (χ0) is 26.6. The van der Waals surface area contributed by atoms with Crippen molar-refractivity contribution in [2.45, 2.75) is 26.2 Å². The van der Waals surface area contributed by atoms with Gasteiger partial charge in [-0.05, 0) is 60.7 Å². The summed E-state index contributed by atoms with van der Waals surface area (Å²) in [4.78, 5) is 14.4. The number of hydrogen-bond donors (Lipinski definition) is 3. The Kier molecular flexibility index (Phi) is 7.25. The molecular weight excluding hydrogens is 495 g/mol. The molecule has 1 fully saturated rings. The van der Waals surface area contributed by atoms with E-state index >= 15 is 4.39 Å². The normalized spacial score (nSPS) is 13.0. The van der Waals surface area contributed by atoms with Gasteiger partial charge in [0.25, 0.3) is 6.43 Å². The number of anilines is 3. The Morgan fingerprint density at radius 3 is 2.45 bits per heavy atom. The van der Waals surface area contributed by atoms with Crippen LogP contribution in [0.2, 0.25) is 0 Å². The molecule has 0 aliphatic heterocycles. The molecule has 11 heteroatoms. The Morgan fingerprint density at radius 2 is 1.79 bits per heavy atom. The number of H-pyrrole nitrogens is 1. The van der Waals surface area contributed by atoms with Crippen LogP contribution in [0.4, 0.5) is 35.0 Å². The molecule has 38 heavy (non-hydrogen) atoms. The van der Waals surface area contributed by atoms with Gasteiger partial charge in [0.1, 0.15) is 5.82 Å². The standard InChI is InChI=1S/C27H26F3N7O/c1-16-6-10-18(11-7-16)31-27(38)32-23-12-21(19-4-2-3-5-20(19)26-33-35-36-34-26)22(28)13-24(23)37(15-25(29)30)14-17-8-9-17/h2-7,10-13,17,25H,8-9,14-15H2,1H3,(H2,31,32,38)(H,33,34,35,36). The molecule has 0 spiro atoms. The third-order valence-electron chi connectivity index (χ3n) is 6.32. The summed E-state index contributed by atoms with van der Waals surface area (Å²) >= 11 is 0. The van der Waals surface area contributed by atoms with Crippen LogP contribution in [-0.4, -0.2) is 46.2 Å². The molecule has 1 saturated carbocycles. The third kappa shape index (κ3) is 5.93. The second kappa shape index (κ2) is 10.9. The van der Waals surface area contributed by atoms with E-state index in [0.29, 0.717) is 23.4 Å². The molecule has 0 saturated heterocycles. The molecule has 0 radical (unpaired) electrons. The summed E-state index contributed by atoms with van der Waals surface area (Å²) in [6.45, 7) is 1.69. The van der Waals surface area contributed by atoms with Crippen molar-refractivity contribution in [2.24, 2.45) is 5.92 Å². The maximum absolute atomic E-state index is 15.7. The highest BCUT2D eigenvalue weighted by atomic mass is 19.3. The van der Waals surface area contributed by atoms with Gasteiger partial charge in [0.2, 0.25) is 5.82 Å². The molecule has 4 aromatic rings. The average molecular weight is 522 g/mol. The fourth-order valence-electron chi connectivity index (χ4n) is 4.29. The fourth-order valence-corrected chi connectivity index (χ4v) is 4.29. The van der Waals surface area contributed by atoms with E-state index in [4.69, 9.17) is 0 Å². The number of rotatable bonds is 9. The van der Waals surface area contributed by atoms with Gasteiger partial charge in [-0.2, -0.15) is 5.21 Å². The number of urea groups is 1. The van der Waals surface area contributed by atoms with Gasteiger partial charge in [-0.3, -0.25) is 0 Å². The average Bonchev–Trinajstić information content (AvgIpc) is 3.54. The lowest BCUT2D eigenvalue weighted by molar-refractivity contribution is 0.154. The van der Waals surface area contributed by atoms with Gasteiger partial charge < -0.3 is 15.5 Å². The van der Waals surface area contributed by atoms with E-state index in [1.54, 1.807) is 36.4 Å². The summed E-state index contributed by atoms with van der Waals surface area (Å²) in [5.41, 5.74) is 3.12.